The van der Waals surface area contributed by atoms with Crippen LogP contribution in [0.2, 0.25) is 0 Å². The Balaban J connectivity index is 2.43. The molecule has 1 aliphatic heterocycles. The van der Waals surface area contributed by atoms with Gasteiger partial charge in [0.25, 0.3) is 0 Å². The van der Waals surface area contributed by atoms with Crippen LogP contribution in [0.3, 0.4) is 0 Å². The standard InChI is InChI=1S/C9H16ClNO3S/c1-2-3-4-9(12)11-8-6-15(13,14)5-7(8)10/h7-8H,2-6H2,1H3,(H,11,12)/t7-,8-/m1/s1. The third-order valence-electron chi connectivity index (χ3n) is 2.39. The molecular formula is C9H16ClNO3S. The largest absolute Gasteiger partial charge is 0.351 e. The summed E-state index contributed by atoms with van der Waals surface area (Å²) < 4.78 is 22.4. The predicted octanol–water partition coefficient (Wildman–Crippen LogP) is 0.697. The lowest BCUT2D eigenvalue weighted by atomic mass is 10.2. The zero-order valence-electron chi connectivity index (χ0n) is 8.70. The Morgan fingerprint density at radius 2 is 2.13 bits per heavy atom. The highest BCUT2D eigenvalue weighted by Crippen LogP contribution is 2.18. The van der Waals surface area contributed by atoms with Gasteiger partial charge in [-0.05, 0) is 6.42 Å². The molecular weight excluding hydrogens is 238 g/mol. The van der Waals surface area contributed by atoms with Gasteiger partial charge in [0.15, 0.2) is 9.84 Å². The first-order chi connectivity index (χ1) is 6.94. The quantitative estimate of drug-likeness (QED) is 0.750. The molecule has 6 heteroatoms. The Hall–Kier alpha value is -0.290. The lowest BCUT2D eigenvalue weighted by molar-refractivity contribution is -0.121. The summed E-state index contributed by atoms with van der Waals surface area (Å²) in [5, 5.41) is 2.18. The van der Waals surface area contributed by atoms with Gasteiger partial charge in [-0.3, -0.25) is 4.79 Å². The van der Waals surface area contributed by atoms with Crippen LogP contribution in [0, 0.1) is 0 Å². The van der Waals surface area contributed by atoms with Crippen molar-refractivity contribution in [2.45, 2.75) is 37.6 Å². The van der Waals surface area contributed by atoms with Crippen molar-refractivity contribution >= 4 is 27.3 Å². The van der Waals surface area contributed by atoms with E-state index in [1.54, 1.807) is 0 Å². The molecule has 4 nitrogen and oxygen atoms in total. The van der Waals surface area contributed by atoms with Crippen LogP contribution in [0.15, 0.2) is 0 Å². The molecule has 0 bridgehead atoms. The van der Waals surface area contributed by atoms with E-state index in [2.05, 4.69) is 5.32 Å². The fourth-order valence-corrected chi connectivity index (χ4v) is 4.10. The van der Waals surface area contributed by atoms with Gasteiger partial charge in [-0.15, -0.1) is 11.6 Å². The Bertz CT molecular complexity index is 328. The number of rotatable bonds is 4. The van der Waals surface area contributed by atoms with E-state index in [0.29, 0.717) is 6.42 Å². The molecule has 1 heterocycles. The molecule has 0 radical (unpaired) electrons. The van der Waals surface area contributed by atoms with Gasteiger partial charge in [0.2, 0.25) is 5.91 Å². The second-order valence-corrected chi connectivity index (χ2v) is 6.58. The topological polar surface area (TPSA) is 63.2 Å². The summed E-state index contributed by atoms with van der Waals surface area (Å²) in [6.45, 7) is 2.00. The highest BCUT2D eigenvalue weighted by Gasteiger charge is 2.36. The van der Waals surface area contributed by atoms with E-state index in [1.165, 1.54) is 0 Å². The molecule has 1 N–H and O–H groups in total. The molecule has 1 rings (SSSR count). The van der Waals surface area contributed by atoms with Crippen molar-refractivity contribution in [3.8, 4) is 0 Å². The first-order valence-electron chi connectivity index (χ1n) is 5.08. The molecule has 0 aromatic rings. The van der Waals surface area contributed by atoms with Crippen LogP contribution in [-0.2, 0) is 14.6 Å². The van der Waals surface area contributed by atoms with Crippen molar-refractivity contribution < 1.29 is 13.2 Å². The van der Waals surface area contributed by atoms with E-state index in [-0.39, 0.29) is 17.4 Å². The van der Waals surface area contributed by atoms with Crippen molar-refractivity contribution in [3.05, 3.63) is 0 Å². The second-order valence-electron chi connectivity index (χ2n) is 3.87. The Labute approximate surface area is 95.3 Å². The number of carbonyl (C=O) groups excluding carboxylic acids is 1. The van der Waals surface area contributed by atoms with Crippen molar-refractivity contribution in [1.82, 2.24) is 5.32 Å². The smallest absolute Gasteiger partial charge is 0.220 e. The molecule has 15 heavy (non-hydrogen) atoms. The van der Waals surface area contributed by atoms with Crippen LogP contribution in [0.5, 0.6) is 0 Å². The van der Waals surface area contributed by atoms with Crippen LogP contribution < -0.4 is 5.32 Å². The minimum Gasteiger partial charge on any atom is -0.351 e. The van der Waals surface area contributed by atoms with Gasteiger partial charge >= 0.3 is 0 Å². The van der Waals surface area contributed by atoms with E-state index in [1.807, 2.05) is 6.92 Å². The molecule has 88 valence electrons. The third-order valence-corrected chi connectivity index (χ3v) is 4.76. The Kier molecular flexibility index (Phi) is 4.40. The number of hydrogen-bond donors (Lipinski definition) is 1. The molecule has 1 amide bonds. The molecule has 1 aliphatic rings. The van der Waals surface area contributed by atoms with Crippen LogP contribution in [0.4, 0.5) is 0 Å². The summed E-state index contributed by atoms with van der Waals surface area (Å²) in [7, 11) is -3.06. The van der Waals surface area contributed by atoms with E-state index in [4.69, 9.17) is 11.6 Å². The van der Waals surface area contributed by atoms with Crippen molar-refractivity contribution in [2.75, 3.05) is 11.5 Å². The number of unbranched alkanes of at least 4 members (excludes halogenated alkanes) is 1. The maximum Gasteiger partial charge on any atom is 0.220 e. The second kappa shape index (κ2) is 5.16. The highest BCUT2D eigenvalue weighted by atomic mass is 35.5. The number of amides is 1. The summed E-state index contributed by atoms with van der Waals surface area (Å²) in [6, 6.07) is -0.416. The third kappa shape index (κ3) is 3.99. The molecule has 0 aromatic carbocycles. The number of halogens is 1. The van der Waals surface area contributed by atoms with Gasteiger partial charge < -0.3 is 5.32 Å². The lowest BCUT2D eigenvalue weighted by Crippen LogP contribution is -2.40. The average Bonchev–Trinajstić information content (AvgIpc) is 2.36. The number of nitrogens with one attached hydrogen (secondary N) is 1. The van der Waals surface area contributed by atoms with Gasteiger partial charge in [-0.2, -0.15) is 0 Å². The first kappa shape index (κ1) is 12.8. The first-order valence-corrected chi connectivity index (χ1v) is 7.34. The fourth-order valence-electron chi connectivity index (χ4n) is 1.55. The lowest BCUT2D eigenvalue weighted by Gasteiger charge is -2.13. The molecule has 0 saturated carbocycles. The molecule has 0 spiro atoms. The summed E-state index contributed by atoms with van der Waals surface area (Å²) in [6.07, 6.45) is 2.20. The van der Waals surface area contributed by atoms with Gasteiger partial charge in [0, 0.05) is 6.42 Å². The van der Waals surface area contributed by atoms with E-state index in [0.717, 1.165) is 12.8 Å². The number of carbonyl (C=O) groups is 1. The van der Waals surface area contributed by atoms with Crippen molar-refractivity contribution in [2.24, 2.45) is 0 Å². The fraction of sp³-hybridized carbons (Fsp3) is 0.889. The summed E-state index contributed by atoms with van der Waals surface area (Å²) in [5.41, 5.74) is 0. The molecule has 2 atom stereocenters. The summed E-state index contributed by atoms with van der Waals surface area (Å²) in [5.74, 6) is -0.170. The van der Waals surface area contributed by atoms with Gasteiger partial charge in [0.05, 0.1) is 22.9 Å². The highest BCUT2D eigenvalue weighted by molar-refractivity contribution is 7.91. The van der Waals surface area contributed by atoms with Crippen molar-refractivity contribution in [3.63, 3.8) is 0 Å². The van der Waals surface area contributed by atoms with E-state index < -0.39 is 21.3 Å². The van der Waals surface area contributed by atoms with E-state index in [9.17, 15) is 13.2 Å². The number of sulfone groups is 1. The molecule has 1 fully saturated rings. The van der Waals surface area contributed by atoms with Crippen LogP contribution in [0.1, 0.15) is 26.2 Å². The summed E-state index contributed by atoms with van der Waals surface area (Å²) in [4.78, 5) is 11.3. The van der Waals surface area contributed by atoms with Gasteiger partial charge in [-0.1, -0.05) is 13.3 Å². The average molecular weight is 254 g/mol. The predicted molar refractivity (Wildman–Crippen MR) is 59.8 cm³/mol. The molecule has 0 unspecified atom stereocenters. The molecule has 0 aromatic heterocycles. The SMILES string of the molecule is CCCCC(=O)N[C@@H]1CS(=O)(=O)C[C@H]1Cl. The van der Waals surface area contributed by atoms with Crippen LogP contribution in [-0.4, -0.2) is 37.2 Å². The van der Waals surface area contributed by atoms with Crippen LogP contribution in [0.25, 0.3) is 0 Å². The minimum absolute atomic E-state index is 0.0287. The van der Waals surface area contributed by atoms with Crippen LogP contribution >= 0.6 is 11.6 Å². The Morgan fingerprint density at radius 3 is 2.60 bits per heavy atom. The summed E-state index contributed by atoms with van der Waals surface area (Å²) >= 11 is 5.85. The van der Waals surface area contributed by atoms with E-state index >= 15 is 0 Å². The minimum atomic E-state index is -3.06. The zero-order valence-corrected chi connectivity index (χ0v) is 10.3. The monoisotopic (exact) mass is 253 g/mol. The maximum absolute atomic E-state index is 11.3. The molecule has 1 saturated heterocycles. The normalized spacial score (nSPS) is 28.9. The Morgan fingerprint density at radius 1 is 1.47 bits per heavy atom. The van der Waals surface area contributed by atoms with Crippen molar-refractivity contribution in [1.29, 1.82) is 0 Å². The number of alkyl halides is 1. The maximum atomic E-state index is 11.3. The number of hydrogen-bond acceptors (Lipinski definition) is 3. The zero-order chi connectivity index (χ0) is 11.5. The molecule has 0 aliphatic carbocycles. The van der Waals surface area contributed by atoms with Gasteiger partial charge in [0.1, 0.15) is 0 Å². The van der Waals surface area contributed by atoms with Gasteiger partial charge in [-0.25, -0.2) is 8.42 Å².